The SMILES string of the molecule is CC(CCC[O])c1ccc(Cl)cc1. The van der Waals surface area contributed by atoms with Crippen LogP contribution >= 0.6 is 11.6 Å². The summed E-state index contributed by atoms with van der Waals surface area (Å²) in [5.74, 6) is 0.464. The molecule has 0 amide bonds. The van der Waals surface area contributed by atoms with Gasteiger partial charge in [-0.2, -0.15) is 0 Å². The molecule has 0 aliphatic carbocycles. The van der Waals surface area contributed by atoms with Crippen LogP contribution in [-0.2, 0) is 5.11 Å². The molecule has 1 rings (SSSR count). The van der Waals surface area contributed by atoms with Crippen molar-refractivity contribution in [2.75, 3.05) is 6.61 Å². The van der Waals surface area contributed by atoms with Crippen molar-refractivity contribution >= 4 is 11.6 Å². The highest BCUT2D eigenvalue weighted by atomic mass is 35.5. The summed E-state index contributed by atoms with van der Waals surface area (Å²) in [6.45, 7) is 2.16. The van der Waals surface area contributed by atoms with E-state index in [4.69, 9.17) is 11.6 Å². The smallest absolute Gasteiger partial charge is 0.0822 e. The minimum absolute atomic E-state index is 0.0257. The quantitative estimate of drug-likeness (QED) is 0.702. The molecule has 0 aliphatic heterocycles. The van der Waals surface area contributed by atoms with Crippen molar-refractivity contribution in [2.45, 2.75) is 25.7 Å². The van der Waals surface area contributed by atoms with Crippen LogP contribution in [0.5, 0.6) is 0 Å². The van der Waals surface area contributed by atoms with Crippen molar-refractivity contribution in [1.29, 1.82) is 0 Å². The summed E-state index contributed by atoms with van der Waals surface area (Å²) in [7, 11) is 0. The third-order valence-electron chi connectivity index (χ3n) is 2.22. The van der Waals surface area contributed by atoms with Gasteiger partial charge < -0.3 is 0 Å². The van der Waals surface area contributed by atoms with Crippen LogP contribution in [0.1, 0.15) is 31.2 Å². The lowest BCUT2D eigenvalue weighted by Gasteiger charge is -2.10. The topological polar surface area (TPSA) is 19.9 Å². The van der Waals surface area contributed by atoms with E-state index in [1.165, 1.54) is 5.56 Å². The second-order valence-electron chi connectivity index (χ2n) is 3.30. The summed E-state index contributed by atoms with van der Waals surface area (Å²) in [6, 6.07) is 7.84. The van der Waals surface area contributed by atoms with E-state index in [9.17, 15) is 5.11 Å². The van der Waals surface area contributed by atoms with Crippen molar-refractivity contribution < 1.29 is 5.11 Å². The predicted molar refractivity (Wildman–Crippen MR) is 54.7 cm³/mol. The fraction of sp³-hybridized carbons (Fsp3) is 0.455. The Morgan fingerprint density at radius 2 is 1.92 bits per heavy atom. The van der Waals surface area contributed by atoms with Gasteiger partial charge in [0.1, 0.15) is 0 Å². The maximum Gasteiger partial charge on any atom is 0.0822 e. The minimum atomic E-state index is 0.0257. The highest BCUT2D eigenvalue weighted by Gasteiger charge is 2.04. The van der Waals surface area contributed by atoms with Gasteiger partial charge in [0.2, 0.25) is 0 Å². The second kappa shape index (κ2) is 5.25. The molecule has 0 aliphatic rings. The highest BCUT2D eigenvalue weighted by molar-refractivity contribution is 6.30. The molecule has 1 nitrogen and oxygen atoms in total. The molecule has 0 aromatic heterocycles. The zero-order chi connectivity index (χ0) is 9.68. The summed E-state index contributed by atoms with van der Waals surface area (Å²) >= 11 is 5.77. The molecule has 0 saturated carbocycles. The van der Waals surface area contributed by atoms with Gasteiger partial charge in [-0.05, 0) is 36.5 Å². The Morgan fingerprint density at radius 3 is 2.46 bits per heavy atom. The minimum Gasteiger partial charge on any atom is -0.237 e. The average molecular weight is 198 g/mol. The van der Waals surface area contributed by atoms with Crippen LogP contribution in [0.4, 0.5) is 0 Å². The largest absolute Gasteiger partial charge is 0.237 e. The molecule has 2 heteroatoms. The van der Waals surface area contributed by atoms with Crippen LogP contribution in [0.3, 0.4) is 0 Å². The maximum atomic E-state index is 10.3. The lowest BCUT2D eigenvalue weighted by molar-refractivity contribution is 0.185. The number of benzene rings is 1. The van der Waals surface area contributed by atoms with Crippen LogP contribution in [0, 0.1) is 0 Å². The van der Waals surface area contributed by atoms with Crippen LogP contribution < -0.4 is 0 Å². The van der Waals surface area contributed by atoms with Crippen LogP contribution in [0.2, 0.25) is 5.02 Å². The van der Waals surface area contributed by atoms with E-state index < -0.39 is 0 Å². The van der Waals surface area contributed by atoms with Gasteiger partial charge in [-0.3, -0.25) is 0 Å². The zero-order valence-corrected chi connectivity index (χ0v) is 8.55. The number of hydrogen-bond donors (Lipinski definition) is 0. The van der Waals surface area contributed by atoms with Crippen molar-refractivity contribution in [2.24, 2.45) is 0 Å². The van der Waals surface area contributed by atoms with Gasteiger partial charge in [0.05, 0.1) is 6.61 Å². The molecule has 0 heterocycles. The van der Waals surface area contributed by atoms with Gasteiger partial charge >= 0.3 is 0 Å². The van der Waals surface area contributed by atoms with E-state index in [1.807, 2.05) is 24.3 Å². The average Bonchev–Trinajstić information content (AvgIpc) is 2.15. The van der Waals surface area contributed by atoms with Gasteiger partial charge in [-0.25, -0.2) is 5.11 Å². The first-order valence-electron chi connectivity index (χ1n) is 4.57. The molecule has 0 bridgehead atoms. The van der Waals surface area contributed by atoms with E-state index in [-0.39, 0.29) is 6.61 Å². The molecule has 13 heavy (non-hydrogen) atoms. The van der Waals surface area contributed by atoms with Crippen LogP contribution in [-0.4, -0.2) is 6.61 Å². The van der Waals surface area contributed by atoms with Crippen LogP contribution in [0.25, 0.3) is 0 Å². The molecule has 0 N–H and O–H groups in total. The first-order valence-corrected chi connectivity index (χ1v) is 4.95. The summed E-state index contributed by atoms with van der Waals surface area (Å²) in [6.07, 6.45) is 1.72. The Kier molecular flexibility index (Phi) is 4.26. The summed E-state index contributed by atoms with van der Waals surface area (Å²) < 4.78 is 0. The van der Waals surface area contributed by atoms with E-state index in [2.05, 4.69) is 6.92 Å². The van der Waals surface area contributed by atoms with Crippen molar-refractivity contribution in [3.63, 3.8) is 0 Å². The summed E-state index contributed by atoms with van der Waals surface area (Å²) in [4.78, 5) is 0. The molecule has 1 aromatic carbocycles. The lowest BCUT2D eigenvalue weighted by Crippen LogP contribution is -1.94. The molecular weight excluding hydrogens is 184 g/mol. The van der Waals surface area contributed by atoms with E-state index in [0.29, 0.717) is 5.92 Å². The van der Waals surface area contributed by atoms with Crippen LogP contribution in [0.15, 0.2) is 24.3 Å². The first kappa shape index (κ1) is 10.6. The normalized spacial score (nSPS) is 12.8. The Labute approximate surface area is 84.4 Å². The molecule has 0 fully saturated rings. The van der Waals surface area contributed by atoms with E-state index in [1.54, 1.807) is 0 Å². The molecule has 71 valence electrons. The Balaban J connectivity index is 2.55. The third kappa shape index (κ3) is 3.37. The Hall–Kier alpha value is -0.530. The van der Waals surface area contributed by atoms with Crippen molar-refractivity contribution in [1.82, 2.24) is 0 Å². The maximum absolute atomic E-state index is 10.3. The predicted octanol–water partition coefficient (Wildman–Crippen LogP) is 3.65. The standard InChI is InChI=1S/C11H14ClO/c1-9(3-2-8-13)10-4-6-11(12)7-5-10/h4-7,9H,2-3,8H2,1H3. The Bertz CT molecular complexity index is 243. The van der Waals surface area contributed by atoms with Gasteiger partial charge in [0, 0.05) is 5.02 Å². The first-order chi connectivity index (χ1) is 6.24. The number of hydrogen-bond acceptors (Lipinski definition) is 0. The third-order valence-corrected chi connectivity index (χ3v) is 2.47. The van der Waals surface area contributed by atoms with Gasteiger partial charge in [-0.1, -0.05) is 30.7 Å². The Morgan fingerprint density at radius 1 is 1.31 bits per heavy atom. The second-order valence-corrected chi connectivity index (χ2v) is 3.74. The number of halogens is 1. The lowest BCUT2D eigenvalue weighted by atomic mass is 9.97. The zero-order valence-electron chi connectivity index (χ0n) is 7.79. The molecule has 1 aromatic rings. The van der Waals surface area contributed by atoms with E-state index in [0.717, 1.165) is 17.9 Å². The van der Waals surface area contributed by atoms with Crippen molar-refractivity contribution in [3.05, 3.63) is 34.9 Å². The molecule has 1 atom stereocenters. The van der Waals surface area contributed by atoms with Gasteiger partial charge in [0.15, 0.2) is 0 Å². The molecule has 0 spiro atoms. The van der Waals surface area contributed by atoms with Gasteiger partial charge in [0.25, 0.3) is 0 Å². The molecule has 1 radical (unpaired) electrons. The van der Waals surface area contributed by atoms with Crippen molar-refractivity contribution in [3.8, 4) is 0 Å². The molecular formula is C11H14ClO. The monoisotopic (exact) mass is 197 g/mol. The highest BCUT2D eigenvalue weighted by Crippen LogP contribution is 2.21. The molecule has 0 saturated heterocycles. The summed E-state index contributed by atoms with van der Waals surface area (Å²) in [5.41, 5.74) is 1.26. The molecule has 1 unspecified atom stereocenters. The fourth-order valence-corrected chi connectivity index (χ4v) is 1.47. The van der Waals surface area contributed by atoms with Gasteiger partial charge in [-0.15, -0.1) is 0 Å². The number of rotatable bonds is 4. The van der Waals surface area contributed by atoms with E-state index >= 15 is 0 Å². The summed E-state index contributed by atoms with van der Waals surface area (Å²) in [5, 5.41) is 11.1. The fourth-order valence-electron chi connectivity index (χ4n) is 1.35.